The largest absolute Gasteiger partial charge is 0.312 e. The molecule has 0 radical (unpaired) electrons. The number of rotatable bonds is 4. The molecule has 0 aromatic heterocycles. The van der Waals surface area contributed by atoms with Crippen LogP contribution in [0, 0.1) is 11.3 Å². The Balaban J connectivity index is 1.52. The molecule has 1 atom stereocenters. The van der Waals surface area contributed by atoms with Crippen LogP contribution in [-0.4, -0.2) is 6.54 Å². The summed E-state index contributed by atoms with van der Waals surface area (Å²) in [5.74, 6) is 0.900. The van der Waals surface area contributed by atoms with Gasteiger partial charge in [0, 0.05) is 6.54 Å². The molecule has 1 aromatic carbocycles. The van der Waals surface area contributed by atoms with Gasteiger partial charge in [0.25, 0.3) is 0 Å². The van der Waals surface area contributed by atoms with E-state index in [4.69, 9.17) is 0 Å². The molecule has 0 amide bonds. The Hall–Kier alpha value is -0.820. The first-order valence-corrected chi connectivity index (χ1v) is 6.96. The van der Waals surface area contributed by atoms with Gasteiger partial charge in [-0.15, -0.1) is 0 Å². The molecule has 1 fully saturated rings. The molecule has 1 aromatic rings. The first-order valence-electron chi connectivity index (χ1n) is 6.96. The Labute approximate surface area is 105 Å². The molecule has 2 aliphatic carbocycles. The summed E-state index contributed by atoms with van der Waals surface area (Å²) in [6, 6.07) is 7.04. The van der Waals surface area contributed by atoms with Crippen molar-refractivity contribution in [3.8, 4) is 0 Å². The van der Waals surface area contributed by atoms with E-state index >= 15 is 0 Å². The Morgan fingerprint density at radius 2 is 2.00 bits per heavy atom. The van der Waals surface area contributed by atoms with Crippen molar-refractivity contribution in [3.05, 3.63) is 34.9 Å². The predicted octanol–water partition coefficient (Wildman–Crippen LogP) is 3.31. The highest BCUT2D eigenvalue weighted by atomic mass is 14.9. The highest BCUT2D eigenvalue weighted by molar-refractivity contribution is 5.35. The molecule has 0 heterocycles. The zero-order valence-electron chi connectivity index (χ0n) is 11.1. The molecule has 92 valence electrons. The zero-order chi connectivity index (χ0) is 11.9. The maximum absolute atomic E-state index is 3.61. The third-order valence-electron chi connectivity index (χ3n) is 4.60. The van der Waals surface area contributed by atoms with Crippen LogP contribution >= 0.6 is 0 Å². The van der Waals surface area contributed by atoms with Gasteiger partial charge in [0.2, 0.25) is 0 Å². The quantitative estimate of drug-likeness (QED) is 0.835. The topological polar surface area (TPSA) is 12.0 Å². The van der Waals surface area contributed by atoms with Crippen LogP contribution < -0.4 is 5.32 Å². The summed E-state index contributed by atoms with van der Waals surface area (Å²) in [6.45, 7) is 6.97. The molecule has 0 saturated heterocycles. The molecule has 2 aliphatic rings. The van der Waals surface area contributed by atoms with Gasteiger partial charge < -0.3 is 5.32 Å². The Morgan fingerprint density at radius 3 is 2.76 bits per heavy atom. The van der Waals surface area contributed by atoms with Gasteiger partial charge in [-0.05, 0) is 60.3 Å². The molecular formula is C16H23N. The number of hydrogen-bond acceptors (Lipinski definition) is 1. The number of hydrogen-bond donors (Lipinski definition) is 1. The van der Waals surface area contributed by atoms with Crippen LogP contribution in [0.2, 0.25) is 0 Å². The van der Waals surface area contributed by atoms with Gasteiger partial charge >= 0.3 is 0 Å². The van der Waals surface area contributed by atoms with E-state index in [1.165, 1.54) is 37.8 Å². The van der Waals surface area contributed by atoms with Crippen LogP contribution in [0.25, 0.3) is 0 Å². The Morgan fingerprint density at radius 1 is 1.24 bits per heavy atom. The van der Waals surface area contributed by atoms with E-state index in [1.807, 2.05) is 0 Å². The maximum Gasteiger partial charge on any atom is 0.0205 e. The van der Waals surface area contributed by atoms with E-state index in [2.05, 4.69) is 37.4 Å². The van der Waals surface area contributed by atoms with Crippen molar-refractivity contribution in [1.82, 2.24) is 5.32 Å². The smallest absolute Gasteiger partial charge is 0.0205 e. The van der Waals surface area contributed by atoms with Crippen molar-refractivity contribution in [2.45, 2.75) is 46.1 Å². The third-order valence-corrected chi connectivity index (χ3v) is 4.60. The van der Waals surface area contributed by atoms with Crippen LogP contribution in [0.3, 0.4) is 0 Å². The van der Waals surface area contributed by atoms with Crippen molar-refractivity contribution in [2.75, 3.05) is 6.54 Å². The lowest BCUT2D eigenvalue weighted by Crippen LogP contribution is -2.18. The minimum Gasteiger partial charge on any atom is -0.312 e. The summed E-state index contributed by atoms with van der Waals surface area (Å²) in [7, 11) is 0. The number of fused-ring (bicyclic) bond motifs is 1. The summed E-state index contributed by atoms with van der Waals surface area (Å²) in [6.07, 6.45) is 5.32. The van der Waals surface area contributed by atoms with Gasteiger partial charge in [0.05, 0.1) is 0 Å². The summed E-state index contributed by atoms with van der Waals surface area (Å²) >= 11 is 0. The Kier molecular flexibility index (Phi) is 2.74. The van der Waals surface area contributed by atoms with Crippen LogP contribution in [-0.2, 0) is 19.4 Å². The second-order valence-corrected chi connectivity index (χ2v) is 6.48. The average Bonchev–Trinajstić information content (AvgIpc) is 2.74. The van der Waals surface area contributed by atoms with E-state index < -0.39 is 0 Å². The van der Waals surface area contributed by atoms with Crippen molar-refractivity contribution in [2.24, 2.45) is 11.3 Å². The zero-order valence-corrected chi connectivity index (χ0v) is 11.1. The second kappa shape index (κ2) is 4.13. The minimum atomic E-state index is 0.602. The second-order valence-electron chi connectivity index (χ2n) is 6.48. The standard InChI is InChI=1S/C16H23N/c1-16(2)9-15(16)11-17-10-12-6-7-13-4-3-5-14(13)8-12/h6-8,15,17H,3-5,9-11H2,1-2H3. The van der Waals surface area contributed by atoms with Crippen molar-refractivity contribution >= 4 is 0 Å². The van der Waals surface area contributed by atoms with Gasteiger partial charge in [-0.1, -0.05) is 32.0 Å². The van der Waals surface area contributed by atoms with Crippen LogP contribution in [0.15, 0.2) is 18.2 Å². The summed E-state index contributed by atoms with van der Waals surface area (Å²) < 4.78 is 0. The fourth-order valence-electron chi connectivity index (χ4n) is 3.05. The molecule has 3 rings (SSSR count). The van der Waals surface area contributed by atoms with E-state index in [-0.39, 0.29) is 0 Å². The fourth-order valence-corrected chi connectivity index (χ4v) is 3.05. The van der Waals surface area contributed by atoms with Gasteiger partial charge in [-0.3, -0.25) is 0 Å². The van der Waals surface area contributed by atoms with E-state index in [0.29, 0.717) is 5.41 Å². The van der Waals surface area contributed by atoms with Gasteiger partial charge in [-0.25, -0.2) is 0 Å². The number of nitrogens with one attached hydrogen (secondary N) is 1. The van der Waals surface area contributed by atoms with Gasteiger partial charge in [0.1, 0.15) is 0 Å². The molecule has 1 unspecified atom stereocenters. The lowest BCUT2D eigenvalue weighted by atomic mass is 10.1. The van der Waals surface area contributed by atoms with Crippen molar-refractivity contribution in [1.29, 1.82) is 0 Å². The number of benzene rings is 1. The molecule has 1 N–H and O–H groups in total. The molecular weight excluding hydrogens is 206 g/mol. The molecule has 0 spiro atoms. The lowest BCUT2D eigenvalue weighted by Gasteiger charge is -2.08. The highest BCUT2D eigenvalue weighted by Gasteiger charge is 2.44. The molecule has 1 heteroatoms. The summed E-state index contributed by atoms with van der Waals surface area (Å²) in [5, 5.41) is 3.61. The maximum atomic E-state index is 3.61. The van der Waals surface area contributed by atoms with Crippen molar-refractivity contribution in [3.63, 3.8) is 0 Å². The third kappa shape index (κ3) is 2.40. The average molecular weight is 229 g/mol. The normalized spacial score (nSPS) is 24.7. The van der Waals surface area contributed by atoms with E-state index in [9.17, 15) is 0 Å². The van der Waals surface area contributed by atoms with E-state index in [1.54, 1.807) is 11.1 Å². The lowest BCUT2D eigenvalue weighted by molar-refractivity contribution is 0.519. The summed E-state index contributed by atoms with van der Waals surface area (Å²) in [4.78, 5) is 0. The van der Waals surface area contributed by atoms with Crippen molar-refractivity contribution < 1.29 is 0 Å². The molecule has 1 saturated carbocycles. The fraction of sp³-hybridized carbons (Fsp3) is 0.625. The Bertz CT molecular complexity index is 420. The molecule has 17 heavy (non-hydrogen) atoms. The SMILES string of the molecule is CC1(C)CC1CNCc1ccc2c(c1)CCC2. The monoisotopic (exact) mass is 229 g/mol. The predicted molar refractivity (Wildman–Crippen MR) is 72.1 cm³/mol. The van der Waals surface area contributed by atoms with Gasteiger partial charge in [-0.2, -0.15) is 0 Å². The first kappa shape index (κ1) is 11.3. The van der Waals surface area contributed by atoms with E-state index in [0.717, 1.165) is 12.5 Å². The molecule has 1 nitrogen and oxygen atoms in total. The highest BCUT2D eigenvalue weighted by Crippen LogP contribution is 2.50. The molecule has 0 aliphatic heterocycles. The molecule has 0 bridgehead atoms. The van der Waals surface area contributed by atoms with Crippen LogP contribution in [0.4, 0.5) is 0 Å². The first-order chi connectivity index (χ1) is 8.15. The van der Waals surface area contributed by atoms with Crippen LogP contribution in [0.1, 0.15) is 43.4 Å². The summed E-state index contributed by atoms with van der Waals surface area (Å²) in [5.41, 5.74) is 5.24. The minimum absolute atomic E-state index is 0.602. The van der Waals surface area contributed by atoms with Gasteiger partial charge in [0.15, 0.2) is 0 Å². The van der Waals surface area contributed by atoms with Crippen LogP contribution in [0.5, 0.6) is 0 Å². The number of aryl methyl sites for hydroxylation is 2.